The number of fused-ring (bicyclic) bond motifs is 1. The summed E-state index contributed by atoms with van der Waals surface area (Å²) in [5.41, 5.74) is 3.13. The zero-order valence-corrected chi connectivity index (χ0v) is 21.0. The van der Waals surface area contributed by atoms with Gasteiger partial charge in [0.1, 0.15) is 11.6 Å². The highest BCUT2D eigenvalue weighted by atomic mass is 16.5. The summed E-state index contributed by atoms with van der Waals surface area (Å²) in [4.78, 5) is 14.7. The van der Waals surface area contributed by atoms with Crippen LogP contribution in [0.5, 0.6) is 5.75 Å². The zero-order valence-electron chi connectivity index (χ0n) is 21.0. The number of hydrogen-bond acceptors (Lipinski definition) is 8. The maximum absolute atomic E-state index is 5.40. The fourth-order valence-corrected chi connectivity index (χ4v) is 4.29. The monoisotopic (exact) mass is 467 g/mol. The second-order valence-electron chi connectivity index (χ2n) is 9.21. The Kier molecular flexibility index (Phi) is 7.97. The Morgan fingerprint density at radius 2 is 1.79 bits per heavy atom. The van der Waals surface area contributed by atoms with Crippen LogP contribution in [-0.2, 0) is 11.3 Å². The largest absolute Gasteiger partial charge is 0.497 e. The molecule has 3 heterocycles. The molecule has 0 unspecified atom stereocenters. The molecule has 0 saturated carbocycles. The summed E-state index contributed by atoms with van der Waals surface area (Å²) < 4.78 is 12.5. The van der Waals surface area contributed by atoms with Crippen LogP contribution in [-0.4, -0.2) is 82.9 Å². The fourth-order valence-electron chi connectivity index (χ4n) is 4.29. The van der Waals surface area contributed by atoms with Gasteiger partial charge in [-0.3, -0.25) is 9.80 Å². The standard InChI is InChI=1S/C25H37N7O2/c1-18(2)22-16-26-32-24(22)28-23(17-31-11-9-30(10-12-31)13-14-33-4)29-25(32)27-19(3)20-7-6-8-21(15-20)34-5/h6-8,15-16,18-19H,9-14,17H2,1-5H3,(H,27,28,29)/t19-/m0/s1. The van der Waals surface area contributed by atoms with Gasteiger partial charge in [-0.05, 0) is 30.5 Å². The smallest absolute Gasteiger partial charge is 0.228 e. The van der Waals surface area contributed by atoms with Gasteiger partial charge >= 0.3 is 0 Å². The van der Waals surface area contributed by atoms with Crippen molar-refractivity contribution < 1.29 is 9.47 Å². The van der Waals surface area contributed by atoms with Crippen LogP contribution >= 0.6 is 0 Å². The van der Waals surface area contributed by atoms with Crippen LogP contribution in [0.4, 0.5) is 5.95 Å². The van der Waals surface area contributed by atoms with E-state index in [-0.39, 0.29) is 6.04 Å². The van der Waals surface area contributed by atoms with E-state index < -0.39 is 0 Å². The number of nitrogens with zero attached hydrogens (tertiary/aromatic N) is 6. The predicted octanol–water partition coefficient (Wildman–Crippen LogP) is 3.19. The van der Waals surface area contributed by atoms with Crippen molar-refractivity contribution >= 4 is 11.6 Å². The van der Waals surface area contributed by atoms with Gasteiger partial charge in [-0.2, -0.15) is 14.6 Å². The van der Waals surface area contributed by atoms with Crippen molar-refractivity contribution in [2.75, 3.05) is 58.9 Å². The van der Waals surface area contributed by atoms with Gasteiger partial charge in [0.2, 0.25) is 5.95 Å². The summed E-state index contributed by atoms with van der Waals surface area (Å²) in [5.74, 6) is 2.69. The number of rotatable bonds is 10. The Labute approximate surface area is 202 Å². The number of methoxy groups -OCH3 is 2. The quantitative estimate of drug-likeness (QED) is 0.487. The van der Waals surface area contributed by atoms with E-state index in [0.717, 1.165) is 74.2 Å². The van der Waals surface area contributed by atoms with E-state index in [1.165, 1.54) is 0 Å². The van der Waals surface area contributed by atoms with Crippen LogP contribution in [0, 0.1) is 0 Å². The van der Waals surface area contributed by atoms with Gasteiger partial charge in [0, 0.05) is 45.4 Å². The lowest BCUT2D eigenvalue weighted by Crippen LogP contribution is -2.47. The summed E-state index contributed by atoms with van der Waals surface area (Å²) in [6, 6.07) is 8.12. The molecule has 9 heteroatoms. The zero-order chi connectivity index (χ0) is 24.1. The molecule has 1 aliphatic rings. The van der Waals surface area contributed by atoms with Crippen LogP contribution in [0.15, 0.2) is 30.5 Å². The molecule has 1 N–H and O–H groups in total. The SMILES string of the molecule is COCCN1CCN(Cc2nc(N[C@@H](C)c3cccc(OC)c3)n3ncc(C(C)C)c3n2)CC1. The Morgan fingerprint density at radius 1 is 1.03 bits per heavy atom. The van der Waals surface area contributed by atoms with E-state index in [4.69, 9.17) is 19.4 Å². The average molecular weight is 468 g/mol. The van der Waals surface area contributed by atoms with Crippen molar-refractivity contribution in [1.82, 2.24) is 29.4 Å². The summed E-state index contributed by atoms with van der Waals surface area (Å²) in [7, 11) is 3.44. The lowest BCUT2D eigenvalue weighted by atomic mass is 10.1. The molecule has 1 aromatic carbocycles. The van der Waals surface area contributed by atoms with Crippen LogP contribution in [0.2, 0.25) is 0 Å². The number of ether oxygens (including phenoxy) is 2. The lowest BCUT2D eigenvalue weighted by molar-refractivity contribution is 0.0926. The minimum Gasteiger partial charge on any atom is -0.497 e. The third-order valence-corrected chi connectivity index (χ3v) is 6.44. The van der Waals surface area contributed by atoms with Crippen LogP contribution in [0.3, 0.4) is 0 Å². The van der Waals surface area contributed by atoms with Crippen molar-refractivity contribution in [2.45, 2.75) is 39.3 Å². The molecule has 1 atom stereocenters. The van der Waals surface area contributed by atoms with Gasteiger partial charge in [0.15, 0.2) is 5.65 Å². The van der Waals surface area contributed by atoms with Crippen molar-refractivity contribution in [2.24, 2.45) is 0 Å². The molecule has 34 heavy (non-hydrogen) atoms. The molecule has 1 fully saturated rings. The minimum absolute atomic E-state index is 0.0251. The van der Waals surface area contributed by atoms with E-state index in [0.29, 0.717) is 11.9 Å². The third-order valence-electron chi connectivity index (χ3n) is 6.44. The van der Waals surface area contributed by atoms with Gasteiger partial charge < -0.3 is 14.8 Å². The first-order chi connectivity index (χ1) is 16.5. The van der Waals surface area contributed by atoms with E-state index in [1.807, 2.05) is 28.9 Å². The first-order valence-corrected chi connectivity index (χ1v) is 12.1. The lowest BCUT2D eigenvalue weighted by Gasteiger charge is -2.34. The molecule has 184 valence electrons. The molecule has 4 rings (SSSR count). The van der Waals surface area contributed by atoms with Gasteiger partial charge in [-0.25, -0.2) is 4.98 Å². The number of nitrogens with one attached hydrogen (secondary N) is 1. The first kappa shape index (κ1) is 24.4. The van der Waals surface area contributed by atoms with Gasteiger partial charge in [0.25, 0.3) is 0 Å². The molecule has 0 spiro atoms. The summed E-state index contributed by atoms with van der Waals surface area (Å²) in [6.45, 7) is 13.0. The summed E-state index contributed by atoms with van der Waals surface area (Å²) in [6.07, 6.45) is 1.91. The van der Waals surface area contributed by atoms with Gasteiger partial charge in [-0.1, -0.05) is 26.0 Å². The van der Waals surface area contributed by atoms with Crippen LogP contribution in [0.1, 0.15) is 49.7 Å². The minimum atomic E-state index is 0.0251. The highest BCUT2D eigenvalue weighted by Gasteiger charge is 2.21. The molecule has 0 radical (unpaired) electrons. The third kappa shape index (κ3) is 5.65. The van der Waals surface area contributed by atoms with Crippen LogP contribution in [0.25, 0.3) is 5.65 Å². The van der Waals surface area contributed by atoms with Crippen molar-refractivity contribution in [3.8, 4) is 5.75 Å². The van der Waals surface area contributed by atoms with Crippen molar-refractivity contribution in [1.29, 1.82) is 0 Å². The molecule has 0 bridgehead atoms. The van der Waals surface area contributed by atoms with Crippen molar-refractivity contribution in [3.05, 3.63) is 47.4 Å². The highest BCUT2D eigenvalue weighted by molar-refractivity contribution is 5.52. The molecule has 9 nitrogen and oxygen atoms in total. The average Bonchev–Trinajstić information content (AvgIpc) is 3.28. The van der Waals surface area contributed by atoms with Crippen molar-refractivity contribution in [3.63, 3.8) is 0 Å². The van der Waals surface area contributed by atoms with E-state index in [9.17, 15) is 0 Å². The molecule has 2 aromatic heterocycles. The van der Waals surface area contributed by atoms with Gasteiger partial charge in [0.05, 0.1) is 32.5 Å². The Bertz CT molecular complexity index is 1080. The number of aromatic nitrogens is 4. The number of piperazine rings is 1. The molecular formula is C25H37N7O2. The summed E-state index contributed by atoms with van der Waals surface area (Å²) in [5, 5.41) is 8.18. The Hall–Kier alpha value is -2.75. The maximum atomic E-state index is 5.40. The predicted molar refractivity (Wildman–Crippen MR) is 133 cm³/mol. The molecular weight excluding hydrogens is 430 g/mol. The van der Waals surface area contributed by atoms with Gasteiger partial charge in [-0.15, -0.1) is 0 Å². The Morgan fingerprint density at radius 3 is 2.50 bits per heavy atom. The van der Waals surface area contributed by atoms with E-state index in [1.54, 1.807) is 14.2 Å². The van der Waals surface area contributed by atoms with Crippen LogP contribution < -0.4 is 10.1 Å². The molecule has 0 amide bonds. The normalized spacial score (nSPS) is 16.3. The fraction of sp³-hybridized carbons (Fsp3) is 0.560. The highest BCUT2D eigenvalue weighted by Crippen LogP contribution is 2.25. The summed E-state index contributed by atoms with van der Waals surface area (Å²) >= 11 is 0. The molecule has 0 aliphatic carbocycles. The first-order valence-electron chi connectivity index (χ1n) is 12.1. The number of benzene rings is 1. The topological polar surface area (TPSA) is 80.0 Å². The Balaban J connectivity index is 1.56. The second-order valence-corrected chi connectivity index (χ2v) is 9.21. The molecule has 1 saturated heterocycles. The molecule has 1 aliphatic heterocycles. The molecule has 3 aromatic rings. The number of anilines is 1. The van der Waals surface area contributed by atoms with E-state index in [2.05, 4.69) is 47.1 Å². The maximum Gasteiger partial charge on any atom is 0.228 e. The van der Waals surface area contributed by atoms with E-state index >= 15 is 0 Å². The number of hydrogen-bond donors (Lipinski definition) is 1. The second kappa shape index (κ2) is 11.1.